The third kappa shape index (κ3) is 12.6. The molecule has 12 nitrogen and oxygen atoms in total. The zero-order chi connectivity index (χ0) is 26.1. The molecule has 0 aromatic heterocycles. The Balaban J connectivity index is 2.30. The Kier molecular flexibility index (Phi) is 16.5. The van der Waals surface area contributed by atoms with Crippen molar-refractivity contribution in [2.24, 2.45) is 16.6 Å². The first kappa shape index (κ1) is 31.2. The van der Waals surface area contributed by atoms with Gasteiger partial charge in [-0.2, -0.15) is 0 Å². The lowest BCUT2D eigenvalue weighted by atomic mass is 9.87. The van der Waals surface area contributed by atoms with E-state index < -0.39 is 48.6 Å². The van der Waals surface area contributed by atoms with Crippen LogP contribution in [0.25, 0.3) is 0 Å². The zero-order valence-electron chi connectivity index (χ0n) is 20.7. The Morgan fingerprint density at radius 1 is 1.06 bits per heavy atom. The average Bonchev–Trinajstić information content (AvgIpc) is 2.84. The van der Waals surface area contributed by atoms with Crippen molar-refractivity contribution in [2.75, 3.05) is 59.5 Å². The van der Waals surface area contributed by atoms with E-state index in [4.69, 9.17) is 34.5 Å². The summed E-state index contributed by atoms with van der Waals surface area (Å²) in [7, 11) is 0. The summed E-state index contributed by atoms with van der Waals surface area (Å²) in [5.41, 5.74) is 6.02. The molecule has 0 amide bonds. The van der Waals surface area contributed by atoms with Crippen LogP contribution in [0.3, 0.4) is 0 Å². The molecular formula is C23H42N2O10. The lowest BCUT2D eigenvalue weighted by Crippen LogP contribution is -2.49. The van der Waals surface area contributed by atoms with Crippen molar-refractivity contribution >= 4 is 11.8 Å². The highest BCUT2D eigenvalue weighted by molar-refractivity contribution is 5.85. The van der Waals surface area contributed by atoms with Crippen molar-refractivity contribution in [1.82, 2.24) is 0 Å². The van der Waals surface area contributed by atoms with Gasteiger partial charge in [0.2, 0.25) is 5.76 Å². The molecule has 35 heavy (non-hydrogen) atoms. The Hall–Kier alpha value is -1.80. The molecule has 1 aliphatic heterocycles. The molecule has 0 saturated heterocycles. The Morgan fingerprint density at radius 3 is 2.11 bits per heavy atom. The second-order valence-corrected chi connectivity index (χ2v) is 8.18. The number of carboxylic acids is 1. The number of amidine groups is 1. The van der Waals surface area contributed by atoms with E-state index in [-0.39, 0.29) is 0 Å². The first-order chi connectivity index (χ1) is 16.8. The Labute approximate surface area is 206 Å². The van der Waals surface area contributed by atoms with Gasteiger partial charge in [0.1, 0.15) is 18.3 Å². The summed E-state index contributed by atoms with van der Waals surface area (Å²) in [6.07, 6.45) is -0.677. The highest BCUT2D eigenvalue weighted by atomic mass is 16.6. The molecule has 0 aromatic rings. The highest BCUT2D eigenvalue weighted by Gasteiger charge is 2.40. The predicted octanol–water partition coefficient (Wildman–Crippen LogP) is -0.314. The molecule has 0 aliphatic carbocycles. The van der Waals surface area contributed by atoms with E-state index >= 15 is 0 Å². The lowest BCUT2D eigenvalue weighted by molar-refractivity contribution is -0.146. The summed E-state index contributed by atoms with van der Waals surface area (Å²) in [5, 5.41) is 38.4. The maximum absolute atomic E-state index is 11.4. The van der Waals surface area contributed by atoms with Crippen LogP contribution in [-0.4, -0.2) is 116 Å². The van der Waals surface area contributed by atoms with E-state index in [1.54, 1.807) is 6.92 Å². The van der Waals surface area contributed by atoms with Gasteiger partial charge >= 0.3 is 5.97 Å². The number of aliphatic carboxylic acids is 1. The van der Waals surface area contributed by atoms with Crippen molar-refractivity contribution in [3.63, 3.8) is 0 Å². The molecular weight excluding hydrogens is 464 g/mol. The van der Waals surface area contributed by atoms with E-state index in [1.165, 1.54) is 6.08 Å². The zero-order valence-corrected chi connectivity index (χ0v) is 20.7. The number of nitrogens with two attached hydrogens (primary N) is 1. The van der Waals surface area contributed by atoms with Gasteiger partial charge in [-0.3, -0.25) is 4.99 Å². The molecule has 204 valence electrons. The van der Waals surface area contributed by atoms with Gasteiger partial charge in [0, 0.05) is 25.6 Å². The van der Waals surface area contributed by atoms with Crippen LogP contribution in [0.1, 0.15) is 33.1 Å². The maximum atomic E-state index is 11.4. The number of carbonyl (C=O) groups is 1. The minimum absolute atomic E-state index is 0.306. The van der Waals surface area contributed by atoms with Crippen molar-refractivity contribution < 1.29 is 48.9 Å². The van der Waals surface area contributed by atoms with Crippen LogP contribution in [-0.2, 0) is 28.5 Å². The monoisotopic (exact) mass is 506 g/mol. The van der Waals surface area contributed by atoms with Crippen LogP contribution in [0, 0.1) is 5.92 Å². The average molecular weight is 507 g/mol. The number of ether oxygens (including phenoxy) is 5. The third-order valence-electron chi connectivity index (χ3n) is 5.27. The Bertz CT molecular complexity index is 646. The second-order valence-electron chi connectivity index (χ2n) is 8.18. The fourth-order valence-electron chi connectivity index (χ4n) is 3.30. The van der Waals surface area contributed by atoms with Gasteiger partial charge in [-0.1, -0.05) is 13.8 Å². The van der Waals surface area contributed by atoms with Gasteiger partial charge in [0.25, 0.3) is 0 Å². The SMILES string of the molecule is CCCOCCOCCOCCOCCCC(N)=N[C@H]1C=C(C(=O)O)O[C@@H]([C@H](O)[C@H](O)CO)[C@@H]1C. The van der Waals surface area contributed by atoms with Crippen molar-refractivity contribution in [3.05, 3.63) is 11.8 Å². The van der Waals surface area contributed by atoms with Gasteiger partial charge in [-0.05, 0) is 18.9 Å². The lowest BCUT2D eigenvalue weighted by Gasteiger charge is -2.36. The topological polar surface area (TPSA) is 183 Å². The molecule has 1 rings (SSSR count). The molecule has 6 N–H and O–H groups in total. The fourth-order valence-corrected chi connectivity index (χ4v) is 3.30. The van der Waals surface area contributed by atoms with Gasteiger partial charge < -0.3 is 49.8 Å². The first-order valence-electron chi connectivity index (χ1n) is 12.0. The molecule has 5 atom stereocenters. The van der Waals surface area contributed by atoms with Gasteiger partial charge in [0.15, 0.2) is 0 Å². The molecule has 0 fully saturated rings. The standard InChI is InChI=1S/C23H42N2O10/c1-3-6-31-8-10-33-12-13-34-11-9-32-7-4-5-20(24)25-17-14-19(23(29)30)35-22(16(17)2)21(28)18(27)15-26/h14,16-18,21-22,26-28H,3-13,15H2,1-2H3,(H2,24,25)(H,29,30)/t16-,17+,18-,21-,22-/m1/s1. The molecule has 0 radical (unpaired) electrons. The minimum Gasteiger partial charge on any atom is -0.480 e. The smallest absolute Gasteiger partial charge is 0.370 e. The number of hydrogen-bond acceptors (Lipinski definition) is 10. The van der Waals surface area contributed by atoms with Crippen molar-refractivity contribution in [3.8, 4) is 0 Å². The number of nitrogens with zero attached hydrogens (tertiary/aromatic N) is 1. The third-order valence-corrected chi connectivity index (χ3v) is 5.27. The maximum Gasteiger partial charge on any atom is 0.370 e. The van der Waals surface area contributed by atoms with Crippen molar-refractivity contribution in [1.29, 1.82) is 0 Å². The van der Waals surface area contributed by atoms with Crippen LogP contribution in [0.4, 0.5) is 0 Å². The second kappa shape index (κ2) is 18.5. The van der Waals surface area contributed by atoms with Gasteiger partial charge in [0.05, 0.1) is 58.1 Å². The number of aliphatic hydroxyl groups excluding tert-OH is 3. The largest absolute Gasteiger partial charge is 0.480 e. The van der Waals surface area contributed by atoms with Crippen LogP contribution in [0.15, 0.2) is 16.8 Å². The molecule has 12 heteroatoms. The van der Waals surface area contributed by atoms with E-state index in [0.717, 1.165) is 13.0 Å². The van der Waals surface area contributed by atoms with Crippen LogP contribution < -0.4 is 5.73 Å². The summed E-state index contributed by atoms with van der Waals surface area (Å²) >= 11 is 0. The molecule has 0 saturated carbocycles. The van der Waals surface area contributed by atoms with Gasteiger partial charge in [-0.15, -0.1) is 0 Å². The molecule has 0 bridgehead atoms. The molecule has 1 heterocycles. The highest BCUT2D eigenvalue weighted by Crippen LogP contribution is 2.29. The quantitative estimate of drug-likeness (QED) is 0.0829. The number of aliphatic hydroxyl groups is 3. The van der Waals surface area contributed by atoms with Gasteiger partial charge in [-0.25, -0.2) is 4.79 Å². The number of aliphatic imine (C=N–C) groups is 1. The molecule has 1 aliphatic rings. The van der Waals surface area contributed by atoms with E-state index in [1.807, 2.05) is 0 Å². The number of rotatable bonds is 20. The van der Waals surface area contributed by atoms with E-state index in [9.17, 15) is 20.1 Å². The first-order valence-corrected chi connectivity index (χ1v) is 12.0. The molecule has 0 aromatic carbocycles. The Morgan fingerprint density at radius 2 is 1.60 bits per heavy atom. The normalized spacial score (nSPS) is 22.4. The van der Waals surface area contributed by atoms with Crippen LogP contribution in [0.2, 0.25) is 0 Å². The van der Waals surface area contributed by atoms with Crippen molar-refractivity contribution in [2.45, 2.75) is 57.5 Å². The summed E-state index contributed by atoms with van der Waals surface area (Å²) < 4.78 is 27.0. The number of hydrogen-bond donors (Lipinski definition) is 5. The predicted molar refractivity (Wildman–Crippen MR) is 127 cm³/mol. The summed E-state index contributed by atoms with van der Waals surface area (Å²) in [5.74, 6) is -1.90. The van der Waals surface area contributed by atoms with Crippen LogP contribution >= 0.6 is 0 Å². The summed E-state index contributed by atoms with van der Waals surface area (Å²) in [6.45, 7) is 7.26. The number of carboxylic acid groups (broad SMARTS) is 1. The fraction of sp³-hybridized carbons (Fsp3) is 0.826. The molecule has 0 spiro atoms. The summed E-state index contributed by atoms with van der Waals surface area (Å²) in [6, 6.07) is -0.671. The van der Waals surface area contributed by atoms with Crippen LogP contribution in [0.5, 0.6) is 0 Å². The van der Waals surface area contributed by atoms with E-state index in [0.29, 0.717) is 64.9 Å². The van der Waals surface area contributed by atoms with E-state index in [2.05, 4.69) is 11.9 Å². The minimum atomic E-state index is -1.49. The summed E-state index contributed by atoms with van der Waals surface area (Å²) in [4.78, 5) is 15.8. The molecule has 0 unspecified atom stereocenters.